The Morgan fingerprint density at radius 3 is 2.46 bits per heavy atom. The summed E-state index contributed by atoms with van der Waals surface area (Å²) in [6, 6.07) is 11.9. The summed E-state index contributed by atoms with van der Waals surface area (Å²) in [5.41, 5.74) is 2.12. The van der Waals surface area contributed by atoms with Gasteiger partial charge in [0.05, 0.1) is 13.2 Å². The number of aromatic nitrogens is 3. The summed E-state index contributed by atoms with van der Waals surface area (Å²) in [5, 5.41) is 13.4. The summed E-state index contributed by atoms with van der Waals surface area (Å²) in [4.78, 5) is 11.9. The van der Waals surface area contributed by atoms with Crippen LogP contribution in [0, 0.1) is 0 Å². The fraction of sp³-hybridized carbons (Fsp3) is 0.278. The van der Waals surface area contributed by atoms with Gasteiger partial charge in [-0.2, -0.15) is 13.2 Å². The van der Waals surface area contributed by atoms with Gasteiger partial charge in [-0.3, -0.25) is 4.40 Å². The van der Waals surface area contributed by atoms with Crippen LogP contribution in [0.2, 0.25) is 0 Å². The second-order valence-corrected chi connectivity index (χ2v) is 6.01. The van der Waals surface area contributed by atoms with E-state index in [9.17, 15) is 18.0 Å². The van der Waals surface area contributed by atoms with E-state index in [1.54, 1.807) is 28.7 Å². The van der Waals surface area contributed by atoms with E-state index in [0.717, 1.165) is 5.56 Å². The number of benzene rings is 1. The molecule has 0 aliphatic carbocycles. The van der Waals surface area contributed by atoms with Crippen molar-refractivity contribution in [1.82, 2.24) is 25.2 Å². The molecule has 3 rings (SSSR count). The Kier molecular flexibility index (Phi) is 6.09. The zero-order valence-electron chi connectivity index (χ0n) is 14.7. The number of ether oxygens (including phenoxy) is 1. The molecule has 0 bridgehead atoms. The average Bonchev–Trinajstić information content (AvgIpc) is 3.08. The van der Waals surface area contributed by atoms with E-state index in [2.05, 4.69) is 25.6 Å². The van der Waals surface area contributed by atoms with Crippen LogP contribution in [0.4, 0.5) is 18.0 Å². The number of nitrogens with zero attached hydrogens (tertiary/aromatic N) is 3. The highest BCUT2D eigenvalue weighted by molar-refractivity contribution is 5.73. The third-order valence-electron chi connectivity index (χ3n) is 3.80. The van der Waals surface area contributed by atoms with Crippen molar-refractivity contribution in [2.75, 3.05) is 6.61 Å². The number of rotatable bonds is 7. The Balaban J connectivity index is 1.42. The molecule has 0 fully saturated rings. The maximum atomic E-state index is 12.0. The summed E-state index contributed by atoms with van der Waals surface area (Å²) < 4.78 is 42.5. The molecule has 1 aromatic carbocycles. The SMILES string of the molecule is O=C(NCc1ccc(COCC(F)(F)F)cc1)NCc1nnc2ccccn12. The molecule has 0 aliphatic heterocycles. The molecule has 2 aromatic heterocycles. The lowest BCUT2D eigenvalue weighted by Gasteiger charge is -2.09. The minimum atomic E-state index is -4.34. The lowest BCUT2D eigenvalue weighted by molar-refractivity contribution is -0.176. The fourth-order valence-corrected chi connectivity index (χ4v) is 2.45. The van der Waals surface area contributed by atoms with Crippen molar-refractivity contribution >= 4 is 11.7 Å². The minimum absolute atomic E-state index is 0.125. The summed E-state index contributed by atoms with van der Waals surface area (Å²) >= 11 is 0. The molecule has 2 heterocycles. The standard InChI is InChI=1S/C18H18F3N5O2/c19-18(20,21)12-28-11-14-6-4-13(5-7-14)9-22-17(27)23-10-16-25-24-15-3-1-2-8-26(15)16/h1-8H,9-12H2,(H2,22,23,27). The van der Waals surface area contributed by atoms with Gasteiger partial charge in [0, 0.05) is 12.7 Å². The van der Waals surface area contributed by atoms with E-state index in [1.807, 2.05) is 24.4 Å². The third-order valence-corrected chi connectivity index (χ3v) is 3.80. The maximum absolute atomic E-state index is 12.0. The molecule has 0 aliphatic rings. The van der Waals surface area contributed by atoms with E-state index in [1.165, 1.54) is 0 Å². The number of hydrogen-bond acceptors (Lipinski definition) is 4. The number of amides is 2. The first-order valence-corrected chi connectivity index (χ1v) is 8.43. The number of alkyl halides is 3. The van der Waals surface area contributed by atoms with Crippen LogP contribution >= 0.6 is 0 Å². The van der Waals surface area contributed by atoms with E-state index in [0.29, 0.717) is 17.0 Å². The molecule has 0 saturated heterocycles. The maximum Gasteiger partial charge on any atom is 0.411 e. The van der Waals surface area contributed by atoms with Crippen LogP contribution in [0.5, 0.6) is 0 Å². The van der Waals surface area contributed by atoms with Crippen LogP contribution in [-0.4, -0.2) is 33.4 Å². The quantitative estimate of drug-likeness (QED) is 0.647. The molecular weight excluding hydrogens is 375 g/mol. The highest BCUT2D eigenvalue weighted by Gasteiger charge is 2.27. The number of nitrogens with one attached hydrogen (secondary N) is 2. The molecule has 2 N–H and O–H groups in total. The highest BCUT2D eigenvalue weighted by Crippen LogP contribution is 2.15. The Labute approximate surface area is 158 Å². The highest BCUT2D eigenvalue weighted by atomic mass is 19.4. The largest absolute Gasteiger partial charge is 0.411 e. The molecule has 0 radical (unpaired) electrons. The average molecular weight is 393 g/mol. The van der Waals surface area contributed by atoms with Gasteiger partial charge in [-0.1, -0.05) is 30.3 Å². The topological polar surface area (TPSA) is 80.5 Å². The van der Waals surface area contributed by atoms with Crippen LogP contribution in [-0.2, 0) is 24.4 Å². The summed E-state index contributed by atoms with van der Waals surface area (Å²) in [7, 11) is 0. The van der Waals surface area contributed by atoms with Gasteiger partial charge in [0.2, 0.25) is 0 Å². The van der Waals surface area contributed by atoms with Crippen molar-refractivity contribution in [2.45, 2.75) is 25.9 Å². The van der Waals surface area contributed by atoms with Crippen LogP contribution in [0.1, 0.15) is 17.0 Å². The first-order valence-electron chi connectivity index (χ1n) is 8.43. The van der Waals surface area contributed by atoms with Gasteiger partial charge in [0.15, 0.2) is 11.5 Å². The monoisotopic (exact) mass is 393 g/mol. The lowest BCUT2D eigenvalue weighted by Crippen LogP contribution is -2.35. The number of pyridine rings is 1. The molecule has 10 heteroatoms. The van der Waals surface area contributed by atoms with Crippen molar-refractivity contribution < 1.29 is 22.7 Å². The molecule has 3 aromatic rings. The second kappa shape index (κ2) is 8.70. The number of hydrogen-bond donors (Lipinski definition) is 2. The van der Waals surface area contributed by atoms with E-state index in [-0.39, 0.29) is 25.7 Å². The number of carbonyl (C=O) groups is 1. The second-order valence-electron chi connectivity index (χ2n) is 6.01. The van der Waals surface area contributed by atoms with Crippen LogP contribution in [0.3, 0.4) is 0 Å². The summed E-state index contributed by atoms with van der Waals surface area (Å²) in [5.74, 6) is 0.606. The summed E-state index contributed by atoms with van der Waals surface area (Å²) in [6.07, 6.45) is -2.53. The Morgan fingerprint density at radius 1 is 1.00 bits per heavy atom. The summed E-state index contributed by atoms with van der Waals surface area (Å²) in [6.45, 7) is -0.916. The van der Waals surface area contributed by atoms with Crippen LogP contribution in [0.15, 0.2) is 48.7 Å². The molecule has 0 atom stereocenters. The number of fused-ring (bicyclic) bond motifs is 1. The molecule has 7 nitrogen and oxygen atoms in total. The smallest absolute Gasteiger partial charge is 0.367 e. The number of urea groups is 1. The molecule has 0 unspecified atom stereocenters. The molecule has 148 valence electrons. The van der Waals surface area contributed by atoms with Crippen molar-refractivity contribution in [1.29, 1.82) is 0 Å². The fourth-order valence-electron chi connectivity index (χ4n) is 2.45. The van der Waals surface area contributed by atoms with Crippen LogP contribution in [0.25, 0.3) is 5.65 Å². The zero-order valence-corrected chi connectivity index (χ0v) is 14.7. The van der Waals surface area contributed by atoms with Crippen LogP contribution < -0.4 is 10.6 Å². The van der Waals surface area contributed by atoms with Gasteiger partial charge in [-0.25, -0.2) is 4.79 Å². The van der Waals surface area contributed by atoms with Gasteiger partial charge >= 0.3 is 12.2 Å². The first kappa shape index (κ1) is 19.6. The van der Waals surface area contributed by atoms with Gasteiger partial charge in [0.25, 0.3) is 0 Å². The Bertz CT molecular complexity index is 925. The zero-order chi connectivity index (χ0) is 20.0. The van der Waals surface area contributed by atoms with Gasteiger partial charge < -0.3 is 15.4 Å². The van der Waals surface area contributed by atoms with E-state index >= 15 is 0 Å². The molecule has 28 heavy (non-hydrogen) atoms. The Morgan fingerprint density at radius 2 is 1.71 bits per heavy atom. The molecular formula is C18H18F3N5O2. The van der Waals surface area contributed by atoms with Gasteiger partial charge in [-0.15, -0.1) is 10.2 Å². The van der Waals surface area contributed by atoms with E-state index in [4.69, 9.17) is 0 Å². The van der Waals surface area contributed by atoms with Gasteiger partial charge in [-0.05, 0) is 23.3 Å². The van der Waals surface area contributed by atoms with Crippen molar-refractivity contribution in [3.8, 4) is 0 Å². The third kappa shape index (κ3) is 5.68. The number of carbonyl (C=O) groups excluding carboxylic acids is 1. The molecule has 2 amide bonds. The Hall–Kier alpha value is -3.14. The number of halogens is 3. The predicted octanol–water partition coefficient (Wildman–Crippen LogP) is 2.81. The molecule has 0 spiro atoms. The van der Waals surface area contributed by atoms with E-state index < -0.39 is 12.8 Å². The minimum Gasteiger partial charge on any atom is -0.367 e. The molecule has 0 saturated carbocycles. The normalized spacial score (nSPS) is 11.5. The predicted molar refractivity (Wildman–Crippen MR) is 94.2 cm³/mol. The van der Waals surface area contributed by atoms with Crippen molar-refractivity contribution in [3.05, 3.63) is 65.6 Å². The first-order chi connectivity index (χ1) is 13.4. The van der Waals surface area contributed by atoms with Crippen molar-refractivity contribution in [3.63, 3.8) is 0 Å². The van der Waals surface area contributed by atoms with Gasteiger partial charge in [0.1, 0.15) is 6.61 Å². The van der Waals surface area contributed by atoms with Crippen molar-refractivity contribution in [2.24, 2.45) is 0 Å². The lowest BCUT2D eigenvalue weighted by atomic mass is 10.1.